The Morgan fingerprint density at radius 1 is 1.48 bits per heavy atom. The highest BCUT2D eigenvalue weighted by Gasteiger charge is 2.29. The molecule has 0 aromatic carbocycles. The molecule has 0 aliphatic heterocycles. The van der Waals surface area contributed by atoms with E-state index in [9.17, 15) is 9.59 Å². The number of aromatic nitrogens is 3. The third-order valence-electron chi connectivity index (χ3n) is 3.64. The number of aryl methyl sites for hydroxylation is 2. The maximum atomic E-state index is 12.3. The minimum Gasteiger partial charge on any atom is -0.477 e. The molecular weight excluding hydrogens is 274 g/mol. The summed E-state index contributed by atoms with van der Waals surface area (Å²) < 4.78 is 6.49. The van der Waals surface area contributed by atoms with Gasteiger partial charge < -0.3 is 14.2 Å². The summed E-state index contributed by atoms with van der Waals surface area (Å²) >= 11 is 0. The maximum absolute atomic E-state index is 12.3. The number of carbonyl (C=O) groups is 1. The molecule has 1 aliphatic rings. The van der Waals surface area contributed by atoms with E-state index in [1.807, 2.05) is 0 Å². The predicted molar refractivity (Wildman–Crippen MR) is 72.5 cm³/mol. The van der Waals surface area contributed by atoms with Crippen molar-refractivity contribution in [1.82, 2.24) is 14.7 Å². The van der Waals surface area contributed by atoms with E-state index in [2.05, 4.69) is 10.1 Å². The van der Waals surface area contributed by atoms with Crippen LogP contribution < -0.4 is 5.56 Å². The van der Waals surface area contributed by atoms with Crippen LogP contribution in [0.25, 0.3) is 0 Å². The van der Waals surface area contributed by atoms with Crippen molar-refractivity contribution < 1.29 is 14.4 Å². The highest BCUT2D eigenvalue weighted by atomic mass is 16.5. The lowest BCUT2D eigenvalue weighted by Gasteiger charge is -2.10. The SMILES string of the molecule is Cc1cc(C)n(Cc2nc(C3CC3)no2)c(=O)c1C(=O)O. The zero-order valence-corrected chi connectivity index (χ0v) is 11.8. The first kappa shape index (κ1) is 13.5. The van der Waals surface area contributed by atoms with Crippen LogP contribution >= 0.6 is 0 Å². The van der Waals surface area contributed by atoms with E-state index in [-0.39, 0.29) is 12.1 Å². The highest BCUT2D eigenvalue weighted by molar-refractivity contribution is 5.88. The van der Waals surface area contributed by atoms with Crippen LogP contribution in [0.5, 0.6) is 0 Å². The number of carboxylic acid groups (broad SMARTS) is 1. The van der Waals surface area contributed by atoms with Crippen molar-refractivity contribution >= 4 is 5.97 Å². The smallest absolute Gasteiger partial charge is 0.341 e. The molecule has 0 atom stereocenters. The number of pyridine rings is 1. The molecule has 2 aromatic heterocycles. The number of nitrogens with zero attached hydrogens (tertiary/aromatic N) is 3. The molecule has 21 heavy (non-hydrogen) atoms. The first-order valence-corrected chi connectivity index (χ1v) is 6.74. The average Bonchev–Trinajstić information content (AvgIpc) is 3.14. The summed E-state index contributed by atoms with van der Waals surface area (Å²) in [7, 11) is 0. The molecule has 2 aromatic rings. The van der Waals surface area contributed by atoms with Gasteiger partial charge in [-0.2, -0.15) is 4.98 Å². The zero-order valence-electron chi connectivity index (χ0n) is 11.8. The third-order valence-corrected chi connectivity index (χ3v) is 3.64. The normalized spacial score (nSPS) is 14.4. The van der Waals surface area contributed by atoms with E-state index >= 15 is 0 Å². The Morgan fingerprint density at radius 2 is 2.19 bits per heavy atom. The number of aromatic carboxylic acids is 1. The van der Waals surface area contributed by atoms with Crippen LogP contribution in [-0.2, 0) is 6.54 Å². The standard InChI is InChI=1S/C14H15N3O4/c1-7-5-8(2)17(13(18)11(7)14(19)20)6-10-15-12(16-21-10)9-3-4-9/h5,9H,3-4,6H2,1-2H3,(H,19,20). The van der Waals surface area contributed by atoms with Crippen molar-refractivity contribution in [1.29, 1.82) is 0 Å². The lowest BCUT2D eigenvalue weighted by atomic mass is 10.1. The summed E-state index contributed by atoms with van der Waals surface area (Å²) in [6.07, 6.45) is 2.12. The Hall–Kier alpha value is -2.44. The molecule has 7 heteroatoms. The molecule has 1 aliphatic carbocycles. The van der Waals surface area contributed by atoms with Crippen LogP contribution in [0.1, 0.15) is 52.1 Å². The van der Waals surface area contributed by atoms with E-state index < -0.39 is 11.5 Å². The van der Waals surface area contributed by atoms with E-state index in [0.717, 1.165) is 12.8 Å². The molecule has 1 fully saturated rings. The van der Waals surface area contributed by atoms with Gasteiger partial charge in [-0.25, -0.2) is 4.79 Å². The summed E-state index contributed by atoms with van der Waals surface area (Å²) in [4.78, 5) is 27.8. The van der Waals surface area contributed by atoms with Gasteiger partial charge in [-0.1, -0.05) is 5.16 Å². The van der Waals surface area contributed by atoms with Crippen LogP contribution in [0.15, 0.2) is 15.4 Å². The molecule has 1 N–H and O–H groups in total. The molecule has 110 valence electrons. The van der Waals surface area contributed by atoms with Crippen molar-refractivity contribution in [2.45, 2.75) is 39.2 Å². The average molecular weight is 289 g/mol. The first-order valence-electron chi connectivity index (χ1n) is 6.74. The fourth-order valence-electron chi connectivity index (χ4n) is 2.36. The van der Waals surface area contributed by atoms with Crippen LogP contribution in [0.4, 0.5) is 0 Å². The Kier molecular flexibility index (Phi) is 3.12. The number of rotatable bonds is 4. The summed E-state index contributed by atoms with van der Waals surface area (Å²) in [5, 5.41) is 13.0. The fraction of sp³-hybridized carbons (Fsp3) is 0.429. The molecule has 7 nitrogen and oxygen atoms in total. The molecule has 0 bridgehead atoms. The van der Waals surface area contributed by atoms with Crippen LogP contribution in [0.2, 0.25) is 0 Å². The summed E-state index contributed by atoms with van der Waals surface area (Å²) in [6.45, 7) is 3.45. The second-order valence-corrected chi connectivity index (χ2v) is 5.36. The Morgan fingerprint density at radius 3 is 2.81 bits per heavy atom. The van der Waals surface area contributed by atoms with Crippen molar-refractivity contribution in [2.75, 3.05) is 0 Å². The zero-order chi connectivity index (χ0) is 15.1. The lowest BCUT2D eigenvalue weighted by molar-refractivity contribution is 0.0693. The maximum Gasteiger partial charge on any atom is 0.341 e. The fourth-order valence-corrected chi connectivity index (χ4v) is 2.36. The Balaban J connectivity index is 1.99. The molecule has 0 unspecified atom stereocenters. The molecule has 0 radical (unpaired) electrons. The summed E-state index contributed by atoms with van der Waals surface area (Å²) in [5.74, 6) is 0.131. The minimum atomic E-state index is -1.23. The second kappa shape index (κ2) is 4.83. The number of hydrogen-bond donors (Lipinski definition) is 1. The van der Waals surface area contributed by atoms with E-state index in [1.54, 1.807) is 19.9 Å². The van der Waals surface area contributed by atoms with Gasteiger partial charge in [-0.15, -0.1) is 0 Å². The van der Waals surface area contributed by atoms with Crippen LogP contribution in [0.3, 0.4) is 0 Å². The molecule has 1 saturated carbocycles. The Bertz CT molecular complexity index is 771. The van der Waals surface area contributed by atoms with Gasteiger partial charge in [0.05, 0.1) is 0 Å². The topological polar surface area (TPSA) is 98.2 Å². The van der Waals surface area contributed by atoms with Gasteiger partial charge in [-0.3, -0.25) is 4.79 Å². The van der Waals surface area contributed by atoms with Crippen LogP contribution in [-0.4, -0.2) is 25.8 Å². The van der Waals surface area contributed by atoms with Gasteiger partial charge in [0.25, 0.3) is 5.56 Å². The van der Waals surface area contributed by atoms with Gasteiger partial charge >= 0.3 is 5.97 Å². The van der Waals surface area contributed by atoms with Gasteiger partial charge in [-0.05, 0) is 38.3 Å². The lowest BCUT2D eigenvalue weighted by Crippen LogP contribution is -2.29. The van der Waals surface area contributed by atoms with Gasteiger partial charge in [0.2, 0.25) is 5.89 Å². The second-order valence-electron chi connectivity index (χ2n) is 5.36. The quantitative estimate of drug-likeness (QED) is 0.915. The minimum absolute atomic E-state index is 0.0882. The molecule has 0 spiro atoms. The largest absolute Gasteiger partial charge is 0.477 e. The summed E-state index contributed by atoms with van der Waals surface area (Å²) in [6, 6.07) is 1.67. The summed E-state index contributed by atoms with van der Waals surface area (Å²) in [5.41, 5.74) is 0.341. The van der Waals surface area contributed by atoms with Gasteiger partial charge in [0.1, 0.15) is 12.1 Å². The van der Waals surface area contributed by atoms with E-state index in [1.165, 1.54) is 4.57 Å². The van der Waals surface area contributed by atoms with Crippen molar-refractivity contribution in [2.24, 2.45) is 0 Å². The van der Waals surface area contributed by atoms with E-state index in [4.69, 9.17) is 9.63 Å². The highest BCUT2D eigenvalue weighted by Crippen LogP contribution is 2.38. The molecule has 2 heterocycles. The Labute approximate surface area is 120 Å². The predicted octanol–water partition coefficient (Wildman–Crippen LogP) is 1.47. The van der Waals surface area contributed by atoms with Gasteiger partial charge in [0.15, 0.2) is 5.82 Å². The number of hydrogen-bond acceptors (Lipinski definition) is 5. The van der Waals surface area contributed by atoms with Crippen LogP contribution in [0, 0.1) is 13.8 Å². The molecule has 0 saturated heterocycles. The van der Waals surface area contributed by atoms with Crippen molar-refractivity contribution in [3.63, 3.8) is 0 Å². The number of carboxylic acids is 1. The van der Waals surface area contributed by atoms with Crippen molar-refractivity contribution in [3.05, 3.63) is 45.0 Å². The molecular formula is C14H15N3O4. The molecule has 0 amide bonds. The first-order chi connectivity index (χ1) is 9.97. The van der Waals surface area contributed by atoms with E-state index in [0.29, 0.717) is 28.9 Å². The van der Waals surface area contributed by atoms with Crippen molar-refractivity contribution in [3.8, 4) is 0 Å². The molecule has 3 rings (SSSR count). The third kappa shape index (κ3) is 2.46. The van der Waals surface area contributed by atoms with Gasteiger partial charge in [0, 0.05) is 11.6 Å². The monoisotopic (exact) mass is 289 g/mol.